The highest BCUT2D eigenvalue weighted by Gasteiger charge is 2.29. The minimum atomic E-state index is -0.830. The van der Waals surface area contributed by atoms with Crippen LogP contribution in [0.3, 0.4) is 0 Å². The number of nitrogen functional groups attached to an aromatic ring is 1. The number of carbonyl (C=O) groups is 3. The Hall–Kier alpha value is -6.91. The smallest absolute Gasteiger partial charge is 0.394 e. The van der Waals surface area contributed by atoms with Crippen LogP contribution in [0.2, 0.25) is 0 Å². The average Bonchev–Trinajstić information content (AvgIpc) is 3.88. The van der Waals surface area contributed by atoms with E-state index in [0.29, 0.717) is 43.7 Å². The summed E-state index contributed by atoms with van der Waals surface area (Å²) in [6.07, 6.45) is 3.08. The van der Waals surface area contributed by atoms with Gasteiger partial charge < -0.3 is 27.0 Å². The lowest BCUT2D eigenvalue weighted by Crippen LogP contribution is -2.44. The Balaban J connectivity index is 1.02. The van der Waals surface area contributed by atoms with Gasteiger partial charge in [0.2, 0.25) is 0 Å². The lowest BCUT2D eigenvalue weighted by molar-refractivity contribution is 0.0927. The molecule has 17 heteroatoms. The number of aromatic amines is 1. The lowest BCUT2D eigenvalue weighted by atomic mass is 9.96. The average molecular weight is 689 g/mol. The highest BCUT2D eigenvalue weighted by atomic mass is 16.5. The van der Waals surface area contributed by atoms with Gasteiger partial charge in [-0.2, -0.15) is 5.10 Å². The molecule has 0 unspecified atom stereocenters. The number of fused-ring (bicyclic) bond motifs is 3. The number of benzene rings is 2. The Morgan fingerprint density at radius 3 is 2.59 bits per heavy atom. The van der Waals surface area contributed by atoms with E-state index < -0.39 is 34.3 Å². The fraction of sp³-hybridized carbons (Fsp3) is 0.206. The molecule has 1 atom stereocenters. The number of carbonyl (C=O) groups excluding carboxylic acids is 3. The Bertz CT molecular complexity index is 2570. The van der Waals surface area contributed by atoms with Gasteiger partial charge in [0, 0.05) is 31.3 Å². The van der Waals surface area contributed by atoms with E-state index in [-0.39, 0.29) is 46.6 Å². The molecule has 0 fully saturated rings. The van der Waals surface area contributed by atoms with Crippen molar-refractivity contribution in [3.63, 3.8) is 0 Å². The third-order valence-corrected chi connectivity index (χ3v) is 9.42. The summed E-state index contributed by atoms with van der Waals surface area (Å²) in [4.78, 5) is 83.3. The largest absolute Gasteiger partial charge is 0.439 e. The summed E-state index contributed by atoms with van der Waals surface area (Å²) in [5.41, 5.74) is 15.3. The second-order valence-corrected chi connectivity index (χ2v) is 12.5. The van der Waals surface area contributed by atoms with Crippen molar-refractivity contribution in [1.82, 2.24) is 35.4 Å². The number of primary amides is 1. The van der Waals surface area contributed by atoms with E-state index in [9.17, 15) is 28.8 Å². The topological polar surface area (TPSA) is 254 Å². The van der Waals surface area contributed by atoms with Gasteiger partial charge in [-0.25, -0.2) is 14.3 Å². The number of nitrogens with two attached hydrogens (primary N) is 2. The van der Waals surface area contributed by atoms with E-state index in [1.54, 1.807) is 11.0 Å². The fourth-order valence-electron chi connectivity index (χ4n) is 6.81. The van der Waals surface area contributed by atoms with Gasteiger partial charge in [0.15, 0.2) is 11.5 Å². The van der Waals surface area contributed by atoms with Crippen LogP contribution < -0.4 is 43.6 Å². The minimum Gasteiger partial charge on any atom is -0.394 e. The number of rotatable bonds is 8. The van der Waals surface area contributed by atoms with Crippen LogP contribution in [-0.4, -0.2) is 49.0 Å². The van der Waals surface area contributed by atoms with Crippen LogP contribution >= 0.6 is 0 Å². The second kappa shape index (κ2) is 11.9. The molecule has 0 saturated heterocycles. The van der Waals surface area contributed by atoms with Crippen molar-refractivity contribution >= 4 is 34.7 Å². The summed E-state index contributed by atoms with van der Waals surface area (Å²) in [6, 6.07) is 12.2. The molecule has 256 valence electrons. The van der Waals surface area contributed by atoms with E-state index in [4.69, 9.17) is 11.5 Å². The zero-order valence-electron chi connectivity index (χ0n) is 26.7. The van der Waals surface area contributed by atoms with Crippen molar-refractivity contribution in [2.24, 2.45) is 5.73 Å². The van der Waals surface area contributed by atoms with Crippen LogP contribution in [0, 0.1) is 0 Å². The standard InChI is InChI=1S/C34H28N10O7/c35-25-26(28(46)27(25)45)43-8-7-16-2-1-15(9-19(16)14-43)12-37-32(48)23-11-24(44-31(39-23)21(13-38-44)29(36)47)33(49)40-22-6-4-17-10-18(3-5-20(17)22)30-41-34(50)51-42-30/h1-3,5,9-11,13,22H,4,6-8,12,14,35H2,(H2,36,47)(H,37,48)(H,40,49)(H,41,42,50)/t22-/m0/s1. The Kier molecular flexibility index (Phi) is 7.32. The number of aromatic nitrogens is 5. The van der Waals surface area contributed by atoms with Gasteiger partial charge in [-0.1, -0.05) is 35.5 Å². The first-order chi connectivity index (χ1) is 24.5. The van der Waals surface area contributed by atoms with Crippen LogP contribution in [0.5, 0.6) is 0 Å². The number of anilines is 2. The molecule has 6 aromatic rings. The predicted molar refractivity (Wildman–Crippen MR) is 181 cm³/mol. The van der Waals surface area contributed by atoms with E-state index in [1.807, 2.05) is 30.3 Å². The highest BCUT2D eigenvalue weighted by Crippen LogP contribution is 2.34. The molecule has 3 aromatic carbocycles. The second-order valence-electron chi connectivity index (χ2n) is 12.5. The van der Waals surface area contributed by atoms with Gasteiger partial charge in [-0.05, 0) is 53.1 Å². The monoisotopic (exact) mass is 688 g/mol. The molecule has 1 aliphatic carbocycles. The molecular weight excluding hydrogens is 660 g/mol. The molecule has 2 aliphatic rings. The number of nitrogens with zero attached hydrogens (tertiary/aromatic N) is 5. The molecule has 8 rings (SSSR count). The Morgan fingerprint density at radius 1 is 0.980 bits per heavy atom. The van der Waals surface area contributed by atoms with E-state index >= 15 is 0 Å². The summed E-state index contributed by atoms with van der Waals surface area (Å²) in [6.45, 7) is 1.04. The third kappa shape index (κ3) is 5.40. The first-order valence-corrected chi connectivity index (χ1v) is 16.0. The molecule has 7 N–H and O–H groups in total. The van der Waals surface area contributed by atoms with Gasteiger partial charge in [0.25, 0.3) is 28.6 Å². The van der Waals surface area contributed by atoms with Crippen molar-refractivity contribution in [3.8, 4) is 11.4 Å². The number of aryl methyl sites for hydroxylation is 1. The van der Waals surface area contributed by atoms with E-state index in [2.05, 4.69) is 35.4 Å². The summed E-state index contributed by atoms with van der Waals surface area (Å²) >= 11 is 0. The Labute approximate surface area is 285 Å². The summed E-state index contributed by atoms with van der Waals surface area (Å²) in [5.74, 6) is -2.36. The normalized spacial score (nSPS) is 15.1. The van der Waals surface area contributed by atoms with Crippen LogP contribution in [0.15, 0.2) is 67.6 Å². The highest BCUT2D eigenvalue weighted by molar-refractivity contribution is 6.02. The van der Waals surface area contributed by atoms with Gasteiger partial charge in [0.05, 0.1) is 12.2 Å². The third-order valence-electron chi connectivity index (χ3n) is 9.42. The van der Waals surface area contributed by atoms with Crippen molar-refractivity contribution in [2.75, 3.05) is 17.2 Å². The molecule has 51 heavy (non-hydrogen) atoms. The van der Waals surface area contributed by atoms with Gasteiger partial charge in [-0.15, -0.1) is 0 Å². The summed E-state index contributed by atoms with van der Waals surface area (Å²) in [5, 5.41) is 13.7. The maximum Gasteiger partial charge on any atom is 0.439 e. The fourth-order valence-corrected chi connectivity index (χ4v) is 6.81. The molecule has 1 aliphatic heterocycles. The van der Waals surface area contributed by atoms with Crippen LogP contribution in [-0.2, 0) is 25.9 Å². The van der Waals surface area contributed by atoms with Gasteiger partial charge in [0.1, 0.15) is 28.3 Å². The number of hydrogen-bond donors (Lipinski definition) is 5. The van der Waals surface area contributed by atoms with Gasteiger partial charge in [-0.3, -0.25) is 33.5 Å². The number of amides is 3. The number of H-pyrrole nitrogens is 1. The van der Waals surface area contributed by atoms with Crippen LogP contribution in [0.4, 0.5) is 11.4 Å². The molecule has 17 nitrogen and oxygen atoms in total. The maximum atomic E-state index is 13.8. The SMILES string of the molecule is NC(=O)c1cnn2c(C(=O)N[C@H]3CCc4cc(-c5noc(=O)[nH]5)ccc43)cc(C(=O)NCc3ccc4c(c3)CN(c3c(N)c(=O)c3=O)CC4)nc12. The molecule has 0 saturated carbocycles. The molecule has 3 aromatic heterocycles. The molecule has 0 bridgehead atoms. The van der Waals surface area contributed by atoms with E-state index in [0.717, 1.165) is 27.8 Å². The molecule has 4 heterocycles. The zero-order valence-corrected chi connectivity index (χ0v) is 26.7. The number of hydrogen-bond acceptors (Lipinski definition) is 12. The summed E-state index contributed by atoms with van der Waals surface area (Å²) < 4.78 is 5.78. The predicted octanol–water partition coefficient (Wildman–Crippen LogP) is 0.260. The van der Waals surface area contributed by atoms with E-state index in [1.165, 1.54) is 16.8 Å². The summed E-state index contributed by atoms with van der Waals surface area (Å²) in [7, 11) is 0. The lowest BCUT2D eigenvalue weighted by Gasteiger charge is -2.32. The quantitative estimate of drug-likeness (QED) is 0.135. The molecule has 0 spiro atoms. The minimum absolute atomic E-state index is 0.0209. The zero-order chi connectivity index (χ0) is 35.6. The molecule has 3 amide bonds. The first-order valence-electron chi connectivity index (χ1n) is 16.0. The van der Waals surface area contributed by atoms with Crippen molar-refractivity contribution in [1.29, 1.82) is 0 Å². The Morgan fingerprint density at radius 2 is 1.82 bits per heavy atom. The van der Waals surface area contributed by atoms with Crippen LogP contribution in [0.1, 0.15) is 71.6 Å². The van der Waals surface area contributed by atoms with Crippen molar-refractivity contribution < 1.29 is 18.9 Å². The first kappa shape index (κ1) is 31.4. The van der Waals surface area contributed by atoms with Crippen molar-refractivity contribution in [3.05, 3.63) is 124 Å². The maximum absolute atomic E-state index is 13.8. The molecular formula is C34H28N10O7. The van der Waals surface area contributed by atoms with Gasteiger partial charge >= 0.3 is 5.76 Å². The molecule has 0 radical (unpaired) electrons. The van der Waals surface area contributed by atoms with Crippen molar-refractivity contribution in [2.45, 2.75) is 38.4 Å². The number of nitrogens with one attached hydrogen (secondary N) is 3. The van der Waals surface area contributed by atoms with Crippen LogP contribution in [0.25, 0.3) is 17.0 Å².